The van der Waals surface area contributed by atoms with Crippen molar-refractivity contribution < 1.29 is 5.11 Å². The lowest BCUT2D eigenvalue weighted by atomic mass is 10.1. The lowest BCUT2D eigenvalue weighted by molar-refractivity contribution is 0.155. The molecular weight excluding hydrogens is 236 g/mol. The van der Waals surface area contributed by atoms with Crippen LogP contribution < -0.4 is 0 Å². The fraction of sp³-hybridized carbons (Fsp3) is 0.500. The largest absolute Gasteiger partial charge is 0.393 e. The normalized spacial score (nSPS) is 21.6. The Kier molecular flexibility index (Phi) is 3.85. The SMILES string of the molecule is O[C@H]1CCCN(CCc2c[nH]c3ccccc23)CC1. The summed E-state index contributed by atoms with van der Waals surface area (Å²) in [7, 11) is 0. The Morgan fingerprint density at radius 2 is 2.11 bits per heavy atom. The van der Waals surface area contributed by atoms with E-state index < -0.39 is 0 Å². The number of nitrogens with one attached hydrogen (secondary N) is 1. The van der Waals surface area contributed by atoms with E-state index in [1.54, 1.807) is 0 Å². The number of aliphatic hydroxyl groups excluding tert-OH is 1. The Balaban J connectivity index is 1.62. The molecule has 1 fully saturated rings. The number of para-hydroxylation sites is 1. The summed E-state index contributed by atoms with van der Waals surface area (Å²) in [5.41, 5.74) is 2.63. The fourth-order valence-corrected chi connectivity index (χ4v) is 2.98. The van der Waals surface area contributed by atoms with Gasteiger partial charge < -0.3 is 15.0 Å². The summed E-state index contributed by atoms with van der Waals surface area (Å²) in [6.07, 6.45) is 6.14. The zero-order valence-electron chi connectivity index (χ0n) is 11.3. The molecule has 1 aliphatic heterocycles. The fourth-order valence-electron chi connectivity index (χ4n) is 2.98. The van der Waals surface area contributed by atoms with Gasteiger partial charge in [0.25, 0.3) is 0 Å². The van der Waals surface area contributed by atoms with Gasteiger partial charge in [-0.2, -0.15) is 0 Å². The molecule has 1 aromatic carbocycles. The van der Waals surface area contributed by atoms with Crippen molar-refractivity contribution in [1.29, 1.82) is 0 Å². The molecule has 102 valence electrons. The second-order valence-electron chi connectivity index (χ2n) is 5.54. The van der Waals surface area contributed by atoms with Gasteiger partial charge in [0.15, 0.2) is 0 Å². The maximum atomic E-state index is 9.67. The first-order valence-electron chi connectivity index (χ1n) is 7.28. The summed E-state index contributed by atoms with van der Waals surface area (Å²) in [6.45, 7) is 3.25. The topological polar surface area (TPSA) is 39.3 Å². The monoisotopic (exact) mass is 258 g/mol. The number of rotatable bonds is 3. The third-order valence-corrected chi connectivity index (χ3v) is 4.16. The summed E-state index contributed by atoms with van der Waals surface area (Å²) in [4.78, 5) is 5.82. The zero-order chi connectivity index (χ0) is 13.1. The van der Waals surface area contributed by atoms with Gasteiger partial charge >= 0.3 is 0 Å². The van der Waals surface area contributed by atoms with Crippen LogP contribution in [0, 0.1) is 0 Å². The van der Waals surface area contributed by atoms with E-state index in [0.717, 1.165) is 45.3 Å². The molecule has 0 saturated carbocycles. The van der Waals surface area contributed by atoms with Crippen molar-refractivity contribution in [1.82, 2.24) is 9.88 Å². The van der Waals surface area contributed by atoms with Crippen LogP contribution in [0.3, 0.4) is 0 Å². The van der Waals surface area contributed by atoms with Gasteiger partial charge in [-0.15, -0.1) is 0 Å². The van der Waals surface area contributed by atoms with E-state index >= 15 is 0 Å². The molecule has 3 heteroatoms. The molecule has 19 heavy (non-hydrogen) atoms. The number of H-pyrrole nitrogens is 1. The third-order valence-electron chi connectivity index (χ3n) is 4.16. The standard InChI is InChI=1S/C16H22N2O/c19-14-4-3-9-18(11-8-14)10-7-13-12-17-16-6-2-1-5-15(13)16/h1-2,5-6,12,14,17,19H,3-4,7-11H2/t14-/m0/s1. The highest BCUT2D eigenvalue weighted by molar-refractivity contribution is 5.83. The zero-order valence-corrected chi connectivity index (χ0v) is 11.3. The van der Waals surface area contributed by atoms with E-state index in [1.165, 1.54) is 16.5 Å². The maximum absolute atomic E-state index is 9.67. The number of hydrogen-bond donors (Lipinski definition) is 2. The second-order valence-corrected chi connectivity index (χ2v) is 5.54. The summed E-state index contributed by atoms with van der Waals surface area (Å²) >= 11 is 0. The van der Waals surface area contributed by atoms with Gasteiger partial charge in [-0.1, -0.05) is 18.2 Å². The van der Waals surface area contributed by atoms with Crippen LogP contribution in [-0.2, 0) is 6.42 Å². The van der Waals surface area contributed by atoms with Gasteiger partial charge in [-0.25, -0.2) is 0 Å². The number of fused-ring (bicyclic) bond motifs is 1. The van der Waals surface area contributed by atoms with Gasteiger partial charge in [0.05, 0.1) is 6.10 Å². The molecule has 2 heterocycles. The Bertz CT molecular complexity index is 534. The van der Waals surface area contributed by atoms with Crippen molar-refractivity contribution in [3.63, 3.8) is 0 Å². The van der Waals surface area contributed by atoms with Crippen LogP contribution >= 0.6 is 0 Å². The quantitative estimate of drug-likeness (QED) is 0.888. The number of nitrogens with zero attached hydrogens (tertiary/aromatic N) is 1. The number of aromatic amines is 1. The van der Waals surface area contributed by atoms with E-state index in [0.29, 0.717) is 0 Å². The number of hydrogen-bond acceptors (Lipinski definition) is 2. The third kappa shape index (κ3) is 2.99. The molecule has 0 unspecified atom stereocenters. The summed E-state index contributed by atoms with van der Waals surface area (Å²) in [5.74, 6) is 0. The average Bonchev–Trinajstić information content (AvgIpc) is 2.73. The molecule has 0 aliphatic carbocycles. The summed E-state index contributed by atoms with van der Waals surface area (Å²) < 4.78 is 0. The van der Waals surface area contributed by atoms with Crippen molar-refractivity contribution in [2.45, 2.75) is 31.8 Å². The molecular formula is C16H22N2O. The summed E-state index contributed by atoms with van der Waals surface area (Å²) in [6, 6.07) is 8.48. The van der Waals surface area contributed by atoms with Gasteiger partial charge in [0, 0.05) is 30.2 Å². The Morgan fingerprint density at radius 1 is 1.21 bits per heavy atom. The highest BCUT2D eigenvalue weighted by Crippen LogP contribution is 2.19. The molecule has 1 aliphatic rings. The molecule has 2 N–H and O–H groups in total. The molecule has 0 amide bonds. The molecule has 1 saturated heterocycles. The number of likely N-dealkylation sites (tertiary alicyclic amines) is 1. The molecule has 0 bridgehead atoms. The van der Waals surface area contributed by atoms with Gasteiger partial charge in [-0.05, 0) is 43.9 Å². The highest BCUT2D eigenvalue weighted by Gasteiger charge is 2.14. The minimum Gasteiger partial charge on any atom is -0.393 e. The molecule has 3 nitrogen and oxygen atoms in total. The molecule has 2 aromatic rings. The molecule has 0 radical (unpaired) electrons. The molecule has 1 atom stereocenters. The van der Waals surface area contributed by atoms with Crippen LogP contribution in [0.4, 0.5) is 0 Å². The van der Waals surface area contributed by atoms with Crippen molar-refractivity contribution in [2.24, 2.45) is 0 Å². The van der Waals surface area contributed by atoms with Crippen LogP contribution in [0.1, 0.15) is 24.8 Å². The van der Waals surface area contributed by atoms with Crippen LogP contribution in [0.5, 0.6) is 0 Å². The van der Waals surface area contributed by atoms with E-state index in [9.17, 15) is 5.11 Å². The van der Waals surface area contributed by atoms with Gasteiger partial charge in [0.1, 0.15) is 0 Å². The minimum absolute atomic E-state index is 0.0851. The van der Waals surface area contributed by atoms with Gasteiger partial charge in [0.2, 0.25) is 0 Å². The first-order chi connectivity index (χ1) is 9.33. The van der Waals surface area contributed by atoms with Crippen molar-refractivity contribution in [3.8, 4) is 0 Å². The lowest BCUT2D eigenvalue weighted by Gasteiger charge is -2.19. The Labute approximate surface area is 114 Å². The lowest BCUT2D eigenvalue weighted by Crippen LogP contribution is -2.27. The maximum Gasteiger partial charge on any atom is 0.0553 e. The van der Waals surface area contributed by atoms with Crippen molar-refractivity contribution >= 4 is 10.9 Å². The van der Waals surface area contributed by atoms with Crippen LogP contribution in [0.2, 0.25) is 0 Å². The predicted octanol–water partition coefficient (Wildman–Crippen LogP) is 2.56. The van der Waals surface area contributed by atoms with E-state index in [2.05, 4.69) is 40.3 Å². The minimum atomic E-state index is -0.0851. The highest BCUT2D eigenvalue weighted by atomic mass is 16.3. The average molecular weight is 258 g/mol. The van der Waals surface area contributed by atoms with Crippen molar-refractivity contribution in [3.05, 3.63) is 36.0 Å². The second kappa shape index (κ2) is 5.76. The van der Waals surface area contributed by atoms with Crippen LogP contribution in [-0.4, -0.2) is 40.7 Å². The first-order valence-corrected chi connectivity index (χ1v) is 7.28. The first kappa shape index (κ1) is 12.7. The number of aromatic nitrogens is 1. The number of aliphatic hydroxyl groups is 1. The van der Waals surface area contributed by atoms with Crippen LogP contribution in [0.15, 0.2) is 30.5 Å². The Morgan fingerprint density at radius 3 is 3.05 bits per heavy atom. The van der Waals surface area contributed by atoms with Crippen molar-refractivity contribution in [2.75, 3.05) is 19.6 Å². The van der Waals surface area contributed by atoms with E-state index in [1.807, 2.05) is 0 Å². The predicted molar refractivity (Wildman–Crippen MR) is 78.3 cm³/mol. The summed E-state index contributed by atoms with van der Waals surface area (Å²) in [5, 5.41) is 11.0. The molecule has 1 aromatic heterocycles. The van der Waals surface area contributed by atoms with E-state index in [4.69, 9.17) is 0 Å². The number of benzene rings is 1. The Hall–Kier alpha value is -1.32. The van der Waals surface area contributed by atoms with E-state index in [-0.39, 0.29) is 6.10 Å². The van der Waals surface area contributed by atoms with Crippen LogP contribution in [0.25, 0.3) is 10.9 Å². The molecule has 3 rings (SSSR count). The smallest absolute Gasteiger partial charge is 0.0553 e. The van der Waals surface area contributed by atoms with Gasteiger partial charge in [-0.3, -0.25) is 0 Å². The molecule has 0 spiro atoms.